The van der Waals surface area contributed by atoms with Gasteiger partial charge in [-0.2, -0.15) is 0 Å². The van der Waals surface area contributed by atoms with Crippen LogP contribution in [0.3, 0.4) is 0 Å². The van der Waals surface area contributed by atoms with Crippen LogP contribution in [-0.2, 0) is 27.7 Å². The van der Waals surface area contributed by atoms with Gasteiger partial charge in [0.05, 0.1) is 23.5 Å². The monoisotopic (exact) mass is 606 g/mol. The summed E-state index contributed by atoms with van der Waals surface area (Å²) >= 11 is 0. The Morgan fingerprint density at radius 2 is 1.88 bits per heavy atom. The molecule has 3 N–H and O–H groups in total. The Balaban J connectivity index is 0.00000420. The van der Waals surface area contributed by atoms with Gasteiger partial charge in [-0.05, 0) is 65.7 Å². The molecule has 2 heterocycles. The van der Waals surface area contributed by atoms with Crippen LogP contribution in [0.1, 0.15) is 51.4 Å². The molecule has 1 fully saturated rings. The van der Waals surface area contributed by atoms with Crippen molar-refractivity contribution < 1.29 is 65.4 Å². The van der Waals surface area contributed by atoms with E-state index < -0.39 is 63.8 Å². The second-order valence-corrected chi connectivity index (χ2v) is 13.1. The van der Waals surface area contributed by atoms with Crippen LogP contribution in [0.25, 0.3) is 0 Å². The van der Waals surface area contributed by atoms with Gasteiger partial charge in [0.15, 0.2) is 11.6 Å². The summed E-state index contributed by atoms with van der Waals surface area (Å²) in [6, 6.07) is 4.11. The largest absolute Gasteiger partial charge is 1.00 e. The molecule has 1 aliphatic rings. The van der Waals surface area contributed by atoms with Crippen molar-refractivity contribution in [1.29, 1.82) is 0 Å². The maximum Gasteiger partial charge on any atom is 1.00 e. The fourth-order valence-electron chi connectivity index (χ4n) is 4.02. The summed E-state index contributed by atoms with van der Waals surface area (Å²) in [6.45, 7) is 8.15. The molecular formula is C26H35BF3N4NaO5S. The number of amides is 1. The van der Waals surface area contributed by atoms with Crippen molar-refractivity contribution >= 4 is 24.5 Å². The van der Waals surface area contributed by atoms with Crippen LogP contribution < -0.4 is 44.7 Å². The van der Waals surface area contributed by atoms with Crippen molar-refractivity contribution in [3.05, 3.63) is 53.0 Å². The molecular weight excluding hydrogens is 571 g/mol. The van der Waals surface area contributed by atoms with Gasteiger partial charge in [0.1, 0.15) is 11.6 Å². The Bertz CT molecular complexity index is 1330. The summed E-state index contributed by atoms with van der Waals surface area (Å²) in [6.07, 6.45) is -1.51. The minimum atomic E-state index is -4.18. The van der Waals surface area contributed by atoms with Crippen LogP contribution in [0.5, 0.6) is 11.6 Å². The van der Waals surface area contributed by atoms with Crippen LogP contribution in [0, 0.1) is 12.7 Å². The number of rotatable bonds is 8. The predicted molar refractivity (Wildman–Crippen MR) is 145 cm³/mol. The van der Waals surface area contributed by atoms with Crippen molar-refractivity contribution in [3.63, 3.8) is 0 Å². The number of aromatic nitrogens is 1. The van der Waals surface area contributed by atoms with Gasteiger partial charge in [-0.1, -0.05) is 18.2 Å². The molecule has 2 atom stereocenters. The smallest absolute Gasteiger partial charge is 1.00 e. The minimum Gasteiger partial charge on any atom is -1.00 e. The van der Waals surface area contributed by atoms with E-state index in [1.807, 2.05) is 0 Å². The Hall–Kier alpha value is -1.84. The van der Waals surface area contributed by atoms with Crippen molar-refractivity contribution in [2.45, 2.75) is 83.4 Å². The predicted octanol–water partition coefficient (Wildman–Crippen LogP) is 0.897. The number of hydrogen-bond donors (Lipinski definition) is 2. The third-order valence-electron chi connectivity index (χ3n) is 6.16. The Morgan fingerprint density at radius 1 is 1.24 bits per heavy atom. The van der Waals surface area contributed by atoms with E-state index in [2.05, 4.69) is 9.71 Å². The molecule has 1 saturated heterocycles. The van der Waals surface area contributed by atoms with E-state index in [4.69, 9.17) is 15.2 Å². The van der Waals surface area contributed by atoms with E-state index in [1.54, 1.807) is 39.8 Å². The first-order valence-corrected chi connectivity index (χ1v) is 14.0. The average Bonchev–Trinajstić information content (AvgIpc) is 3.06. The van der Waals surface area contributed by atoms with E-state index in [1.165, 1.54) is 32.0 Å². The number of aryl methyl sites for hydroxylation is 1. The molecule has 3 rings (SSSR count). The number of benzene rings is 1. The minimum absolute atomic E-state index is 0. The average molecular weight is 606 g/mol. The second-order valence-electron chi connectivity index (χ2n) is 10.8. The number of pyridine rings is 1. The number of carbonyl (C=O) groups is 1. The second kappa shape index (κ2) is 14.1. The number of nitrogens with one attached hydrogen (secondary N) is 1. The summed E-state index contributed by atoms with van der Waals surface area (Å²) < 4.78 is 84.5. The fraction of sp³-hybridized carbons (Fsp3) is 0.538. The summed E-state index contributed by atoms with van der Waals surface area (Å²) in [5, 5.41) is -1.02. The van der Waals surface area contributed by atoms with Gasteiger partial charge in [0, 0.05) is 12.1 Å². The van der Waals surface area contributed by atoms with Crippen molar-refractivity contribution in [2.24, 2.45) is 5.73 Å². The van der Waals surface area contributed by atoms with Gasteiger partial charge < -0.3 is 23.6 Å². The number of alkyl halides is 2. The van der Waals surface area contributed by atoms with Crippen LogP contribution in [-0.4, -0.2) is 68.2 Å². The number of nitrogens with two attached hydrogens (primary N) is 1. The van der Waals surface area contributed by atoms with Gasteiger partial charge in [-0.3, -0.25) is 4.90 Å². The van der Waals surface area contributed by atoms with Gasteiger partial charge in [-0.15, -0.1) is 0 Å². The molecule has 0 saturated carbocycles. The SMILES string of the molecule is Cc1ccc(CN)nc1Oc1cccc(C[C@H]2[C@@H](NS(=O)(=O)C(C)C)C(F)(F)CN2C(=O)OC(C)(C)C)c1F.[B-].[Na+]. The normalized spacial score (nSPS) is 18.5. The Morgan fingerprint density at radius 3 is 2.44 bits per heavy atom. The number of sulfonamides is 1. The molecule has 41 heavy (non-hydrogen) atoms. The van der Waals surface area contributed by atoms with E-state index in [0.717, 1.165) is 4.90 Å². The Kier molecular flexibility index (Phi) is 12.8. The van der Waals surface area contributed by atoms with E-state index in [-0.39, 0.29) is 61.7 Å². The number of ether oxygens (including phenoxy) is 2. The number of carbonyl (C=O) groups excluding carboxylic acids is 1. The molecule has 220 valence electrons. The number of nitrogens with zero attached hydrogens (tertiary/aromatic N) is 2. The van der Waals surface area contributed by atoms with E-state index >= 15 is 13.2 Å². The molecule has 2 aromatic rings. The summed E-state index contributed by atoms with van der Waals surface area (Å²) in [4.78, 5) is 18.0. The van der Waals surface area contributed by atoms with E-state index in [0.29, 0.717) is 11.3 Å². The first-order chi connectivity index (χ1) is 17.9. The zero-order valence-electron chi connectivity index (χ0n) is 24.4. The topological polar surface area (TPSA) is 124 Å². The maximum atomic E-state index is 15.7. The Labute approximate surface area is 263 Å². The zero-order valence-corrected chi connectivity index (χ0v) is 27.2. The molecule has 0 spiro atoms. The first kappa shape index (κ1) is 37.2. The third kappa shape index (κ3) is 9.07. The molecule has 1 aliphatic heterocycles. The summed E-state index contributed by atoms with van der Waals surface area (Å²) in [5.74, 6) is -4.61. The summed E-state index contributed by atoms with van der Waals surface area (Å²) in [7, 11) is -4.18. The third-order valence-corrected chi connectivity index (χ3v) is 7.98. The van der Waals surface area contributed by atoms with Crippen LogP contribution in [0.2, 0.25) is 0 Å². The number of likely N-dealkylation sites (tertiary alicyclic amines) is 1. The molecule has 15 heteroatoms. The molecule has 4 radical (unpaired) electrons. The van der Waals surface area contributed by atoms with Crippen molar-refractivity contribution in [1.82, 2.24) is 14.6 Å². The van der Waals surface area contributed by atoms with Gasteiger partial charge in [0.2, 0.25) is 15.9 Å². The molecule has 0 unspecified atom stereocenters. The van der Waals surface area contributed by atoms with Gasteiger partial charge in [0.25, 0.3) is 5.92 Å². The molecule has 1 aromatic heterocycles. The zero-order chi connectivity index (χ0) is 29.3. The quantitative estimate of drug-likeness (QED) is 0.428. The molecule has 1 amide bonds. The van der Waals surface area contributed by atoms with Crippen LogP contribution >= 0.6 is 0 Å². The standard InChI is InChI=1S/C26H35F3N4O5S.B.Na/c1-15(2)39(35,36)32-22-19(33(14-26(22,28)29)24(34)38-25(4,5)6)12-17-8-7-9-20(21(17)27)37-23-16(3)10-11-18(13-30)31-23;;/h7-11,15,19,22,32H,12-14,30H2,1-6H3;;/q;-1;+1/t19-,22+;;/m0../s1. The summed E-state index contributed by atoms with van der Waals surface area (Å²) in [5.41, 5.74) is 5.70. The first-order valence-electron chi connectivity index (χ1n) is 12.5. The van der Waals surface area contributed by atoms with Gasteiger partial charge >= 0.3 is 35.7 Å². The number of hydrogen-bond acceptors (Lipinski definition) is 7. The molecule has 0 bridgehead atoms. The maximum absolute atomic E-state index is 15.7. The van der Waals surface area contributed by atoms with Crippen LogP contribution in [0.4, 0.5) is 18.0 Å². The van der Waals surface area contributed by atoms with Crippen molar-refractivity contribution in [2.75, 3.05) is 6.54 Å². The van der Waals surface area contributed by atoms with Crippen LogP contribution in [0.15, 0.2) is 30.3 Å². The van der Waals surface area contributed by atoms with Crippen molar-refractivity contribution in [3.8, 4) is 11.6 Å². The molecule has 9 nitrogen and oxygen atoms in total. The number of halogens is 3. The van der Waals surface area contributed by atoms with E-state index in [9.17, 15) is 13.2 Å². The fourth-order valence-corrected chi connectivity index (χ4v) is 4.97. The van der Waals surface area contributed by atoms with Gasteiger partial charge in [-0.25, -0.2) is 36.1 Å². The molecule has 1 aromatic carbocycles. The molecule has 0 aliphatic carbocycles.